The maximum atomic E-state index is 11.9. The lowest BCUT2D eigenvalue weighted by atomic mass is 10.2. The summed E-state index contributed by atoms with van der Waals surface area (Å²) >= 11 is 7.25. The molecular formula is C19H21ClN2O3S. The Kier molecular flexibility index (Phi) is 7.81. The number of methoxy groups -OCH3 is 1. The Labute approximate surface area is 162 Å². The van der Waals surface area contributed by atoms with Gasteiger partial charge in [-0.2, -0.15) is 5.10 Å². The van der Waals surface area contributed by atoms with E-state index in [-0.39, 0.29) is 17.8 Å². The van der Waals surface area contributed by atoms with Gasteiger partial charge in [-0.15, -0.1) is 11.8 Å². The third kappa shape index (κ3) is 6.61. The minimum Gasteiger partial charge on any atom is -0.493 e. The molecular weight excluding hydrogens is 372 g/mol. The van der Waals surface area contributed by atoms with Gasteiger partial charge in [-0.25, -0.2) is 5.43 Å². The Morgan fingerprint density at radius 1 is 1.23 bits per heavy atom. The standard InChI is InChI=1S/C19H21ClN2O3S/c1-13(2)25-17-9-4-14(10-18(17)24-3)11-21-22-19(23)12-26-16-7-5-15(20)6-8-16/h4-11,13H,12H2,1-3H3,(H,22,23)/b21-11-. The number of hydrogen-bond donors (Lipinski definition) is 1. The molecule has 0 aliphatic carbocycles. The van der Waals surface area contributed by atoms with Crippen molar-refractivity contribution in [3.63, 3.8) is 0 Å². The Morgan fingerprint density at radius 2 is 1.96 bits per heavy atom. The lowest BCUT2D eigenvalue weighted by Gasteiger charge is -2.13. The van der Waals surface area contributed by atoms with E-state index in [0.717, 1.165) is 10.5 Å². The van der Waals surface area contributed by atoms with Crippen LogP contribution in [-0.4, -0.2) is 31.1 Å². The van der Waals surface area contributed by atoms with Crippen molar-refractivity contribution in [1.29, 1.82) is 0 Å². The average Bonchev–Trinajstić information content (AvgIpc) is 2.62. The number of ether oxygens (including phenoxy) is 2. The summed E-state index contributed by atoms with van der Waals surface area (Å²) in [5.41, 5.74) is 3.30. The summed E-state index contributed by atoms with van der Waals surface area (Å²) in [6.07, 6.45) is 1.62. The highest BCUT2D eigenvalue weighted by atomic mass is 35.5. The van der Waals surface area contributed by atoms with Gasteiger partial charge in [0.15, 0.2) is 11.5 Å². The third-order valence-electron chi connectivity index (χ3n) is 3.14. The Morgan fingerprint density at radius 3 is 2.62 bits per heavy atom. The van der Waals surface area contributed by atoms with Crippen LogP contribution in [0.3, 0.4) is 0 Å². The molecule has 0 saturated heterocycles. The Bertz CT molecular complexity index is 764. The van der Waals surface area contributed by atoms with E-state index in [2.05, 4.69) is 10.5 Å². The summed E-state index contributed by atoms with van der Waals surface area (Å²) in [5.74, 6) is 1.37. The number of hydrazone groups is 1. The molecule has 1 N–H and O–H groups in total. The molecule has 0 aliphatic rings. The first-order valence-electron chi connectivity index (χ1n) is 8.03. The second-order valence-corrected chi connectivity index (χ2v) is 7.10. The molecule has 0 aliphatic heterocycles. The molecule has 2 aromatic carbocycles. The van der Waals surface area contributed by atoms with Crippen LogP contribution in [0, 0.1) is 0 Å². The minimum atomic E-state index is -0.187. The van der Waals surface area contributed by atoms with Gasteiger partial charge < -0.3 is 9.47 Å². The molecule has 0 radical (unpaired) electrons. The Balaban J connectivity index is 1.86. The van der Waals surface area contributed by atoms with Crippen LogP contribution in [0.1, 0.15) is 19.4 Å². The molecule has 0 atom stereocenters. The maximum Gasteiger partial charge on any atom is 0.250 e. The topological polar surface area (TPSA) is 59.9 Å². The first-order valence-corrected chi connectivity index (χ1v) is 9.39. The number of halogens is 1. The molecule has 26 heavy (non-hydrogen) atoms. The number of amides is 1. The molecule has 0 spiro atoms. The summed E-state index contributed by atoms with van der Waals surface area (Å²) < 4.78 is 11.0. The van der Waals surface area contributed by atoms with Gasteiger partial charge in [0, 0.05) is 9.92 Å². The van der Waals surface area contributed by atoms with E-state index < -0.39 is 0 Å². The monoisotopic (exact) mass is 392 g/mol. The summed E-state index contributed by atoms with van der Waals surface area (Å²) in [4.78, 5) is 12.8. The molecule has 5 nitrogen and oxygen atoms in total. The lowest BCUT2D eigenvalue weighted by Crippen LogP contribution is -2.19. The van der Waals surface area contributed by atoms with Gasteiger partial charge in [0.25, 0.3) is 0 Å². The zero-order valence-electron chi connectivity index (χ0n) is 14.9. The first kappa shape index (κ1) is 20.1. The predicted octanol–water partition coefficient (Wildman–Crippen LogP) is 4.38. The van der Waals surface area contributed by atoms with Crippen molar-refractivity contribution in [3.8, 4) is 11.5 Å². The molecule has 0 fully saturated rings. The summed E-state index contributed by atoms with van der Waals surface area (Å²) in [6.45, 7) is 3.90. The number of nitrogens with zero attached hydrogens (tertiary/aromatic N) is 1. The van der Waals surface area contributed by atoms with Gasteiger partial charge in [-0.1, -0.05) is 11.6 Å². The lowest BCUT2D eigenvalue weighted by molar-refractivity contribution is -0.118. The Hall–Kier alpha value is -2.18. The predicted molar refractivity (Wildman–Crippen MR) is 107 cm³/mol. The number of carbonyl (C=O) groups is 1. The molecule has 0 aromatic heterocycles. The highest BCUT2D eigenvalue weighted by Crippen LogP contribution is 2.28. The van der Waals surface area contributed by atoms with Gasteiger partial charge >= 0.3 is 0 Å². The molecule has 2 rings (SSSR count). The number of rotatable bonds is 8. The van der Waals surface area contributed by atoms with Gasteiger partial charge in [0.1, 0.15) is 0 Å². The van der Waals surface area contributed by atoms with E-state index in [1.807, 2.05) is 38.1 Å². The van der Waals surface area contributed by atoms with Crippen molar-refractivity contribution in [2.75, 3.05) is 12.9 Å². The van der Waals surface area contributed by atoms with Gasteiger partial charge in [-0.05, 0) is 61.9 Å². The molecule has 2 aromatic rings. The summed E-state index contributed by atoms with van der Waals surface area (Å²) in [7, 11) is 1.58. The maximum absolute atomic E-state index is 11.9. The molecule has 1 amide bonds. The fourth-order valence-electron chi connectivity index (χ4n) is 2.01. The van der Waals surface area contributed by atoms with Crippen LogP contribution >= 0.6 is 23.4 Å². The van der Waals surface area contributed by atoms with Crippen LogP contribution in [0.15, 0.2) is 52.5 Å². The van der Waals surface area contributed by atoms with Crippen molar-refractivity contribution in [2.24, 2.45) is 5.10 Å². The second-order valence-electron chi connectivity index (χ2n) is 5.61. The summed E-state index contributed by atoms with van der Waals surface area (Å²) in [6, 6.07) is 12.8. The van der Waals surface area contributed by atoms with Crippen LogP contribution in [0.4, 0.5) is 0 Å². The smallest absolute Gasteiger partial charge is 0.250 e. The first-order chi connectivity index (χ1) is 12.5. The third-order valence-corrected chi connectivity index (χ3v) is 4.40. The molecule has 0 bridgehead atoms. The number of nitrogens with one attached hydrogen (secondary N) is 1. The zero-order valence-corrected chi connectivity index (χ0v) is 16.4. The van der Waals surface area contributed by atoms with Crippen LogP contribution in [0.25, 0.3) is 0 Å². The van der Waals surface area contributed by atoms with Crippen LogP contribution in [-0.2, 0) is 4.79 Å². The van der Waals surface area contributed by atoms with E-state index in [4.69, 9.17) is 21.1 Å². The number of benzene rings is 2. The van der Waals surface area contributed by atoms with Gasteiger partial charge in [-0.3, -0.25) is 4.79 Å². The van der Waals surface area contributed by atoms with Crippen molar-refractivity contribution in [2.45, 2.75) is 24.8 Å². The normalized spacial score (nSPS) is 11.0. The van der Waals surface area contributed by atoms with Crippen LogP contribution in [0.5, 0.6) is 11.5 Å². The van der Waals surface area contributed by atoms with Gasteiger partial charge in [0.2, 0.25) is 5.91 Å². The fraction of sp³-hybridized carbons (Fsp3) is 0.263. The zero-order chi connectivity index (χ0) is 18.9. The number of hydrogen-bond acceptors (Lipinski definition) is 5. The van der Waals surface area contributed by atoms with Crippen LogP contribution < -0.4 is 14.9 Å². The fourth-order valence-corrected chi connectivity index (χ4v) is 2.82. The minimum absolute atomic E-state index is 0.0563. The summed E-state index contributed by atoms with van der Waals surface area (Å²) in [5, 5.41) is 4.65. The quantitative estimate of drug-likeness (QED) is 0.411. The van der Waals surface area contributed by atoms with Crippen molar-refractivity contribution >= 4 is 35.5 Å². The molecule has 7 heteroatoms. The second kappa shape index (κ2) is 10.1. The van der Waals surface area contributed by atoms with Crippen molar-refractivity contribution < 1.29 is 14.3 Å². The number of carbonyl (C=O) groups excluding carboxylic acids is 1. The molecule has 0 unspecified atom stereocenters. The molecule has 0 saturated carbocycles. The van der Waals surface area contributed by atoms with E-state index in [1.165, 1.54) is 11.8 Å². The van der Waals surface area contributed by atoms with Crippen molar-refractivity contribution in [1.82, 2.24) is 5.43 Å². The average molecular weight is 393 g/mol. The highest BCUT2D eigenvalue weighted by molar-refractivity contribution is 8.00. The van der Waals surface area contributed by atoms with E-state index in [1.54, 1.807) is 31.5 Å². The molecule has 138 valence electrons. The highest BCUT2D eigenvalue weighted by Gasteiger charge is 2.07. The van der Waals surface area contributed by atoms with Gasteiger partial charge in [0.05, 0.1) is 25.2 Å². The molecule has 0 heterocycles. The van der Waals surface area contributed by atoms with Crippen LogP contribution in [0.2, 0.25) is 5.02 Å². The van der Waals surface area contributed by atoms with E-state index >= 15 is 0 Å². The van der Waals surface area contributed by atoms with Crippen molar-refractivity contribution in [3.05, 3.63) is 53.1 Å². The largest absolute Gasteiger partial charge is 0.493 e. The van der Waals surface area contributed by atoms with E-state index in [9.17, 15) is 4.79 Å². The SMILES string of the molecule is COc1cc(/C=N\NC(=O)CSc2ccc(Cl)cc2)ccc1OC(C)C. The van der Waals surface area contributed by atoms with E-state index in [0.29, 0.717) is 16.5 Å². The number of thioether (sulfide) groups is 1.